The first-order valence-electron chi connectivity index (χ1n) is 8.11. The molecule has 0 radical (unpaired) electrons. The van der Waals surface area contributed by atoms with Crippen LogP contribution in [0.1, 0.15) is 5.56 Å². The van der Waals surface area contributed by atoms with Crippen LogP contribution in [0.5, 0.6) is 11.5 Å². The van der Waals surface area contributed by atoms with E-state index in [1.165, 1.54) is 7.11 Å². The van der Waals surface area contributed by atoms with E-state index in [2.05, 4.69) is 16.0 Å². The van der Waals surface area contributed by atoms with Crippen molar-refractivity contribution in [1.29, 1.82) is 0 Å². The molecule has 2 amide bonds. The molecule has 0 saturated carbocycles. The van der Waals surface area contributed by atoms with E-state index in [1.807, 2.05) is 37.3 Å². The van der Waals surface area contributed by atoms with Gasteiger partial charge in [0, 0.05) is 0 Å². The Bertz CT molecular complexity index is 777. The van der Waals surface area contributed by atoms with Crippen LogP contribution in [0.15, 0.2) is 42.5 Å². The first-order valence-corrected chi connectivity index (χ1v) is 8.11. The predicted molar refractivity (Wildman–Crippen MR) is 101 cm³/mol. The number of carbonyl (C=O) groups is 2. The minimum absolute atomic E-state index is 0.0292. The van der Waals surface area contributed by atoms with E-state index in [0.29, 0.717) is 22.9 Å². The van der Waals surface area contributed by atoms with E-state index in [4.69, 9.17) is 9.47 Å². The quantitative estimate of drug-likeness (QED) is 0.674. The Kier molecular flexibility index (Phi) is 6.84. The number of benzene rings is 2. The number of para-hydroxylation sites is 2. The van der Waals surface area contributed by atoms with E-state index < -0.39 is 0 Å². The molecule has 7 nitrogen and oxygen atoms in total. The highest BCUT2D eigenvalue weighted by Crippen LogP contribution is 2.25. The van der Waals surface area contributed by atoms with Crippen LogP contribution >= 0.6 is 0 Å². The molecule has 0 aromatic heterocycles. The summed E-state index contributed by atoms with van der Waals surface area (Å²) in [5.41, 5.74) is 2.27. The third kappa shape index (κ3) is 5.41. The number of amides is 2. The number of nitrogens with one attached hydrogen (secondary N) is 3. The van der Waals surface area contributed by atoms with Gasteiger partial charge in [0.25, 0.3) is 0 Å². The van der Waals surface area contributed by atoms with Crippen molar-refractivity contribution in [3.8, 4) is 11.5 Å². The van der Waals surface area contributed by atoms with Crippen LogP contribution in [0.25, 0.3) is 0 Å². The third-order valence-electron chi connectivity index (χ3n) is 3.62. The van der Waals surface area contributed by atoms with Gasteiger partial charge in [-0.25, -0.2) is 0 Å². The number of rotatable bonds is 8. The fourth-order valence-electron chi connectivity index (χ4n) is 2.32. The van der Waals surface area contributed by atoms with Crippen LogP contribution in [0.3, 0.4) is 0 Å². The molecular weight excluding hydrogens is 334 g/mol. The van der Waals surface area contributed by atoms with Crippen molar-refractivity contribution < 1.29 is 19.1 Å². The van der Waals surface area contributed by atoms with Crippen molar-refractivity contribution in [2.45, 2.75) is 6.92 Å². The first kappa shape index (κ1) is 19.1. The van der Waals surface area contributed by atoms with Crippen molar-refractivity contribution in [3.05, 3.63) is 48.0 Å². The Labute approximate surface area is 152 Å². The van der Waals surface area contributed by atoms with E-state index in [0.717, 1.165) is 5.56 Å². The van der Waals surface area contributed by atoms with Crippen molar-refractivity contribution in [1.82, 2.24) is 5.32 Å². The molecular formula is C19H23N3O4. The van der Waals surface area contributed by atoms with Gasteiger partial charge < -0.3 is 25.4 Å². The van der Waals surface area contributed by atoms with Crippen molar-refractivity contribution >= 4 is 23.2 Å². The zero-order valence-corrected chi connectivity index (χ0v) is 15.1. The van der Waals surface area contributed by atoms with Gasteiger partial charge in [-0.05, 0) is 36.8 Å². The number of hydrogen-bond donors (Lipinski definition) is 3. The second kappa shape index (κ2) is 9.31. The Morgan fingerprint density at radius 2 is 1.58 bits per heavy atom. The summed E-state index contributed by atoms with van der Waals surface area (Å²) >= 11 is 0. The lowest BCUT2D eigenvalue weighted by molar-refractivity contribution is -0.122. The van der Waals surface area contributed by atoms with Gasteiger partial charge in [-0.15, -0.1) is 0 Å². The fourth-order valence-corrected chi connectivity index (χ4v) is 2.32. The number of anilines is 2. The van der Waals surface area contributed by atoms with Gasteiger partial charge in [0.1, 0.15) is 11.5 Å². The molecule has 0 fully saturated rings. The molecule has 0 atom stereocenters. The minimum Gasteiger partial charge on any atom is -0.495 e. The number of hydrogen-bond acceptors (Lipinski definition) is 5. The highest BCUT2D eigenvalue weighted by atomic mass is 16.5. The maximum absolute atomic E-state index is 12.0. The second-order valence-electron chi connectivity index (χ2n) is 5.58. The molecule has 0 saturated heterocycles. The van der Waals surface area contributed by atoms with Crippen LogP contribution in [-0.2, 0) is 9.59 Å². The summed E-state index contributed by atoms with van der Waals surface area (Å²) in [6.45, 7) is 1.81. The molecule has 2 rings (SSSR count). The van der Waals surface area contributed by atoms with Gasteiger partial charge in [-0.1, -0.05) is 18.2 Å². The largest absolute Gasteiger partial charge is 0.495 e. The smallest absolute Gasteiger partial charge is 0.243 e. The summed E-state index contributed by atoms with van der Waals surface area (Å²) in [5, 5.41) is 8.27. The van der Waals surface area contributed by atoms with Gasteiger partial charge in [0.15, 0.2) is 0 Å². The summed E-state index contributed by atoms with van der Waals surface area (Å²) in [6, 6.07) is 12.8. The summed E-state index contributed by atoms with van der Waals surface area (Å²) < 4.78 is 10.4. The second-order valence-corrected chi connectivity index (χ2v) is 5.58. The molecule has 2 aromatic rings. The minimum atomic E-state index is -0.334. The Morgan fingerprint density at radius 3 is 2.31 bits per heavy atom. The van der Waals surface area contributed by atoms with Crippen LogP contribution in [0.4, 0.5) is 11.4 Å². The van der Waals surface area contributed by atoms with Gasteiger partial charge >= 0.3 is 0 Å². The van der Waals surface area contributed by atoms with E-state index in [1.54, 1.807) is 19.2 Å². The highest BCUT2D eigenvalue weighted by Gasteiger charge is 2.10. The average Bonchev–Trinajstić information content (AvgIpc) is 2.65. The molecule has 2 aromatic carbocycles. The van der Waals surface area contributed by atoms with Crippen molar-refractivity contribution in [2.24, 2.45) is 0 Å². The lowest BCUT2D eigenvalue weighted by Gasteiger charge is -2.12. The molecule has 7 heteroatoms. The Hall–Kier alpha value is -3.22. The molecule has 0 aliphatic heterocycles. The lowest BCUT2D eigenvalue weighted by atomic mass is 10.2. The maximum Gasteiger partial charge on any atom is 0.243 e. The summed E-state index contributed by atoms with van der Waals surface area (Å²) in [4.78, 5) is 24.0. The van der Waals surface area contributed by atoms with Gasteiger partial charge in [-0.2, -0.15) is 0 Å². The lowest BCUT2D eigenvalue weighted by Crippen LogP contribution is -2.36. The highest BCUT2D eigenvalue weighted by molar-refractivity contribution is 5.96. The van der Waals surface area contributed by atoms with Crippen molar-refractivity contribution in [3.63, 3.8) is 0 Å². The SMILES string of the molecule is COc1ccccc1NCC(=O)NCC(=O)Nc1cc(C)ccc1OC. The third-order valence-corrected chi connectivity index (χ3v) is 3.62. The average molecular weight is 357 g/mol. The standard InChI is InChI=1S/C19H23N3O4/c1-13-8-9-17(26-3)15(10-13)22-19(24)12-21-18(23)11-20-14-6-4-5-7-16(14)25-2/h4-10,20H,11-12H2,1-3H3,(H,21,23)(H,22,24). The first-order chi connectivity index (χ1) is 12.5. The zero-order chi connectivity index (χ0) is 18.9. The van der Waals surface area contributed by atoms with Gasteiger partial charge in [0.2, 0.25) is 11.8 Å². The summed E-state index contributed by atoms with van der Waals surface area (Å²) in [6.07, 6.45) is 0. The van der Waals surface area contributed by atoms with Crippen molar-refractivity contribution in [2.75, 3.05) is 37.9 Å². The molecule has 0 unspecified atom stereocenters. The number of aryl methyl sites for hydroxylation is 1. The molecule has 0 bridgehead atoms. The maximum atomic E-state index is 12.0. The van der Waals surface area contributed by atoms with E-state index >= 15 is 0 Å². The molecule has 0 spiro atoms. The Balaban J connectivity index is 1.82. The van der Waals surface area contributed by atoms with Crippen LogP contribution in [0, 0.1) is 6.92 Å². The van der Waals surface area contributed by atoms with Gasteiger partial charge in [0.05, 0.1) is 38.7 Å². The molecule has 26 heavy (non-hydrogen) atoms. The molecule has 0 aliphatic carbocycles. The fraction of sp³-hybridized carbons (Fsp3) is 0.263. The molecule has 0 heterocycles. The van der Waals surface area contributed by atoms with Crippen LogP contribution < -0.4 is 25.4 Å². The normalized spacial score (nSPS) is 9.96. The number of methoxy groups -OCH3 is 2. The predicted octanol–water partition coefficient (Wildman–Crippen LogP) is 2.18. The van der Waals surface area contributed by atoms with Crippen LogP contribution in [0.2, 0.25) is 0 Å². The number of carbonyl (C=O) groups excluding carboxylic acids is 2. The monoisotopic (exact) mass is 357 g/mol. The molecule has 0 aliphatic rings. The van der Waals surface area contributed by atoms with Crippen LogP contribution in [-0.4, -0.2) is 39.1 Å². The van der Waals surface area contributed by atoms with E-state index in [-0.39, 0.29) is 24.9 Å². The Morgan fingerprint density at radius 1 is 0.885 bits per heavy atom. The topological polar surface area (TPSA) is 88.7 Å². The van der Waals surface area contributed by atoms with Gasteiger partial charge in [-0.3, -0.25) is 9.59 Å². The number of ether oxygens (including phenoxy) is 2. The summed E-state index contributed by atoms with van der Waals surface area (Å²) in [5.74, 6) is 0.569. The molecule has 3 N–H and O–H groups in total. The zero-order valence-electron chi connectivity index (χ0n) is 15.1. The van der Waals surface area contributed by atoms with E-state index in [9.17, 15) is 9.59 Å². The molecule has 138 valence electrons. The summed E-state index contributed by atoms with van der Waals surface area (Å²) in [7, 11) is 3.09.